The van der Waals surface area contributed by atoms with Crippen LogP contribution in [0.2, 0.25) is 0 Å². The minimum atomic E-state index is -0.107. The topological polar surface area (TPSA) is 95.0 Å². The molecule has 7 heteroatoms. The zero-order valence-corrected chi connectivity index (χ0v) is 12.8. The van der Waals surface area contributed by atoms with Gasteiger partial charge in [-0.3, -0.25) is 9.78 Å². The van der Waals surface area contributed by atoms with Crippen molar-refractivity contribution in [3.63, 3.8) is 0 Å². The molecule has 0 bridgehead atoms. The molecule has 116 valence electrons. The molecule has 1 heterocycles. The minimum absolute atomic E-state index is 0.0282. The second-order valence-electron chi connectivity index (χ2n) is 5.01. The Morgan fingerprint density at radius 3 is 2.52 bits per heavy atom. The number of rotatable bonds is 7. The third kappa shape index (κ3) is 5.03. The normalized spacial score (nSPS) is 11.7. The van der Waals surface area contributed by atoms with Gasteiger partial charge in [-0.2, -0.15) is 0 Å². The lowest BCUT2D eigenvalue weighted by atomic mass is 10.2. The van der Waals surface area contributed by atoms with Crippen LogP contribution in [0.25, 0.3) is 0 Å². The van der Waals surface area contributed by atoms with Crippen LogP contribution in [0.5, 0.6) is 0 Å². The summed E-state index contributed by atoms with van der Waals surface area (Å²) in [6.07, 6.45) is 2.32. The van der Waals surface area contributed by atoms with Gasteiger partial charge >= 0.3 is 0 Å². The molecule has 0 fully saturated rings. The highest BCUT2D eigenvalue weighted by Gasteiger charge is 2.16. The van der Waals surface area contributed by atoms with Gasteiger partial charge in [0.15, 0.2) is 5.84 Å². The van der Waals surface area contributed by atoms with E-state index in [1.807, 2.05) is 25.9 Å². The highest BCUT2D eigenvalue weighted by atomic mass is 16.4. The van der Waals surface area contributed by atoms with E-state index in [2.05, 4.69) is 10.1 Å². The van der Waals surface area contributed by atoms with Crippen LogP contribution in [0.3, 0.4) is 0 Å². The molecule has 0 saturated carbocycles. The maximum absolute atomic E-state index is 12.4. The number of amidine groups is 1. The van der Waals surface area contributed by atoms with E-state index in [1.165, 1.54) is 6.20 Å². The summed E-state index contributed by atoms with van der Waals surface area (Å²) in [5.74, 6) is -0.135. The van der Waals surface area contributed by atoms with Crippen LogP contribution in [-0.2, 0) is 0 Å². The summed E-state index contributed by atoms with van der Waals surface area (Å²) in [5, 5.41) is 11.5. The molecule has 3 N–H and O–H groups in total. The maximum atomic E-state index is 12.4. The molecule has 0 radical (unpaired) electrons. The van der Waals surface area contributed by atoms with E-state index in [9.17, 15) is 4.79 Å². The van der Waals surface area contributed by atoms with Gasteiger partial charge in [0, 0.05) is 31.4 Å². The molecular weight excluding hydrogens is 270 g/mol. The van der Waals surface area contributed by atoms with Gasteiger partial charge in [-0.25, -0.2) is 0 Å². The lowest BCUT2D eigenvalue weighted by Crippen LogP contribution is -2.37. The Kier molecular flexibility index (Phi) is 6.61. The SMILES string of the molecule is CCCN(CCN(C)C)C(=O)c1ccc(C(N)=NO)cn1. The average Bonchev–Trinajstić information content (AvgIpc) is 2.50. The predicted molar refractivity (Wildman–Crippen MR) is 81.5 cm³/mol. The standard InChI is InChI=1S/C14H23N5O2/c1-4-7-19(9-8-18(2)3)14(20)12-6-5-11(10-16-12)13(15)17-21/h5-6,10,21H,4,7-9H2,1-3H3,(H2,15,17). The monoisotopic (exact) mass is 293 g/mol. The van der Waals surface area contributed by atoms with Gasteiger partial charge in [0.1, 0.15) is 5.69 Å². The number of aromatic nitrogens is 1. The van der Waals surface area contributed by atoms with Crippen molar-refractivity contribution in [1.29, 1.82) is 0 Å². The van der Waals surface area contributed by atoms with E-state index in [0.717, 1.165) is 13.0 Å². The van der Waals surface area contributed by atoms with Crippen LogP contribution >= 0.6 is 0 Å². The molecule has 7 nitrogen and oxygen atoms in total. The number of nitrogens with two attached hydrogens (primary N) is 1. The van der Waals surface area contributed by atoms with Crippen LogP contribution in [0.4, 0.5) is 0 Å². The summed E-state index contributed by atoms with van der Waals surface area (Å²) in [4.78, 5) is 20.3. The van der Waals surface area contributed by atoms with Gasteiger partial charge in [0.25, 0.3) is 5.91 Å². The largest absolute Gasteiger partial charge is 0.409 e. The number of hydrogen-bond donors (Lipinski definition) is 2. The smallest absolute Gasteiger partial charge is 0.272 e. The number of pyridine rings is 1. The molecule has 0 aliphatic rings. The van der Waals surface area contributed by atoms with E-state index >= 15 is 0 Å². The molecule has 0 aromatic carbocycles. The van der Waals surface area contributed by atoms with Crippen molar-refractivity contribution >= 4 is 11.7 Å². The number of carbonyl (C=O) groups is 1. The molecule has 1 aromatic heterocycles. The maximum Gasteiger partial charge on any atom is 0.272 e. The van der Waals surface area contributed by atoms with Crippen molar-refractivity contribution in [3.05, 3.63) is 29.6 Å². The van der Waals surface area contributed by atoms with E-state index in [0.29, 0.717) is 24.3 Å². The quantitative estimate of drug-likeness (QED) is 0.332. The molecular formula is C14H23N5O2. The molecule has 0 aliphatic carbocycles. The highest BCUT2D eigenvalue weighted by Crippen LogP contribution is 2.05. The van der Waals surface area contributed by atoms with Gasteiger partial charge in [-0.15, -0.1) is 0 Å². The fourth-order valence-corrected chi connectivity index (χ4v) is 1.80. The van der Waals surface area contributed by atoms with Gasteiger partial charge in [0.2, 0.25) is 0 Å². The molecule has 0 unspecified atom stereocenters. The first-order chi connectivity index (χ1) is 9.99. The summed E-state index contributed by atoms with van der Waals surface area (Å²) in [6, 6.07) is 3.21. The molecule has 1 amide bonds. The number of hydrogen-bond acceptors (Lipinski definition) is 5. The lowest BCUT2D eigenvalue weighted by molar-refractivity contribution is 0.0739. The van der Waals surface area contributed by atoms with Crippen molar-refractivity contribution in [2.45, 2.75) is 13.3 Å². The second-order valence-corrected chi connectivity index (χ2v) is 5.01. The summed E-state index contributed by atoms with van der Waals surface area (Å²) < 4.78 is 0. The molecule has 0 aliphatic heterocycles. The minimum Gasteiger partial charge on any atom is -0.409 e. The Bertz CT molecular complexity index is 485. The highest BCUT2D eigenvalue weighted by molar-refractivity contribution is 5.98. The van der Waals surface area contributed by atoms with Crippen molar-refractivity contribution in [1.82, 2.24) is 14.8 Å². The Labute approximate surface area is 125 Å². The summed E-state index contributed by atoms with van der Waals surface area (Å²) >= 11 is 0. The van der Waals surface area contributed by atoms with E-state index in [4.69, 9.17) is 10.9 Å². The van der Waals surface area contributed by atoms with Crippen LogP contribution in [0.15, 0.2) is 23.5 Å². The first kappa shape index (κ1) is 16.9. The van der Waals surface area contributed by atoms with Gasteiger partial charge in [-0.05, 0) is 32.6 Å². The first-order valence-electron chi connectivity index (χ1n) is 6.87. The van der Waals surface area contributed by atoms with Crippen LogP contribution in [-0.4, -0.2) is 65.5 Å². The van der Waals surface area contributed by atoms with Crippen molar-refractivity contribution in [2.24, 2.45) is 10.9 Å². The summed E-state index contributed by atoms with van der Waals surface area (Å²) in [5.41, 5.74) is 6.30. The molecule has 0 atom stereocenters. The molecule has 0 saturated heterocycles. The van der Waals surface area contributed by atoms with Crippen LogP contribution < -0.4 is 5.73 Å². The Morgan fingerprint density at radius 2 is 2.05 bits per heavy atom. The fraction of sp³-hybridized carbons (Fsp3) is 0.500. The molecule has 0 spiro atoms. The molecule has 1 rings (SSSR count). The number of carbonyl (C=O) groups excluding carboxylic acids is 1. The Balaban J connectivity index is 2.83. The fourth-order valence-electron chi connectivity index (χ4n) is 1.80. The average molecular weight is 293 g/mol. The third-order valence-corrected chi connectivity index (χ3v) is 2.98. The Morgan fingerprint density at radius 1 is 1.33 bits per heavy atom. The van der Waals surface area contributed by atoms with E-state index in [-0.39, 0.29) is 11.7 Å². The van der Waals surface area contributed by atoms with Crippen molar-refractivity contribution in [3.8, 4) is 0 Å². The zero-order valence-electron chi connectivity index (χ0n) is 12.8. The zero-order chi connectivity index (χ0) is 15.8. The van der Waals surface area contributed by atoms with Gasteiger partial charge in [0.05, 0.1) is 0 Å². The van der Waals surface area contributed by atoms with E-state index < -0.39 is 0 Å². The summed E-state index contributed by atoms with van der Waals surface area (Å²) in [7, 11) is 3.94. The van der Waals surface area contributed by atoms with Crippen LogP contribution in [0, 0.1) is 0 Å². The molecule has 1 aromatic rings. The van der Waals surface area contributed by atoms with Crippen molar-refractivity contribution in [2.75, 3.05) is 33.7 Å². The summed E-state index contributed by atoms with van der Waals surface area (Å²) in [6.45, 7) is 4.18. The third-order valence-electron chi connectivity index (χ3n) is 2.98. The van der Waals surface area contributed by atoms with Gasteiger partial charge < -0.3 is 20.7 Å². The molecule has 21 heavy (non-hydrogen) atoms. The number of nitrogens with zero attached hydrogens (tertiary/aromatic N) is 4. The van der Waals surface area contributed by atoms with E-state index in [1.54, 1.807) is 17.0 Å². The Hall–Kier alpha value is -2.15. The van der Waals surface area contributed by atoms with Gasteiger partial charge in [-0.1, -0.05) is 12.1 Å². The number of likely N-dealkylation sites (N-methyl/N-ethyl adjacent to an activating group) is 1. The lowest BCUT2D eigenvalue weighted by Gasteiger charge is -2.23. The second kappa shape index (κ2) is 8.21. The number of amides is 1. The first-order valence-corrected chi connectivity index (χ1v) is 6.87. The van der Waals surface area contributed by atoms with Crippen molar-refractivity contribution < 1.29 is 10.0 Å². The number of oxime groups is 1. The predicted octanol–water partition coefficient (Wildman–Crippen LogP) is 0.590. The van der Waals surface area contributed by atoms with Crippen LogP contribution in [0.1, 0.15) is 29.4 Å².